The van der Waals surface area contributed by atoms with Gasteiger partial charge in [-0.3, -0.25) is 0 Å². The quantitative estimate of drug-likeness (QED) is 0.815. The lowest BCUT2D eigenvalue weighted by molar-refractivity contribution is -0.145. The van der Waals surface area contributed by atoms with Crippen LogP contribution in [0.3, 0.4) is 0 Å². The van der Waals surface area contributed by atoms with Crippen molar-refractivity contribution in [3.05, 3.63) is 0 Å². The van der Waals surface area contributed by atoms with Crippen LogP contribution in [0.15, 0.2) is 0 Å². The molecule has 3 atom stereocenters. The maximum Gasteiger partial charge on any atom is 0.326 e. The standard InChI is InChI=1S/C15H24N2O3/c18-14(19)13-9-8-10-4-1-2-7-12(10)17(13)15(20)16-11-5-3-6-11/h10-13H,1-9H2,(H,16,20)(H,18,19). The molecule has 0 radical (unpaired) electrons. The van der Waals surface area contributed by atoms with E-state index in [-0.39, 0.29) is 18.1 Å². The summed E-state index contributed by atoms with van der Waals surface area (Å²) in [4.78, 5) is 25.7. The van der Waals surface area contributed by atoms with Gasteiger partial charge in [0.1, 0.15) is 6.04 Å². The molecule has 20 heavy (non-hydrogen) atoms. The first-order valence-electron chi connectivity index (χ1n) is 7.98. The van der Waals surface area contributed by atoms with Gasteiger partial charge in [0.2, 0.25) is 0 Å². The van der Waals surface area contributed by atoms with Crippen molar-refractivity contribution in [3.63, 3.8) is 0 Å². The van der Waals surface area contributed by atoms with Gasteiger partial charge in [-0.1, -0.05) is 12.8 Å². The third-order valence-corrected chi connectivity index (χ3v) is 5.33. The van der Waals surface area contributed by atoms with E-state index in [1.165, 1.54) is 12.8 Å². The van der Waals surface area contributed by atoms with Crippen molar-refractivity contribution in [2.24, 2.45) is 5.92 Å². The first-order valence-corrected chi connectivity index (χ1v) is 7.98. The molecule has 5 heteroatoms. The van der Waals surface area contributed by atoms with E-state index < -0.39 is 12.0 Å². The van der Waals surface area contributed by atoms with Crippen LogP contribution in [-0.2, 0) is 4.79 Å². The van der Waals surface area contributed by atoms with Crippen molar-refractivity contribution in [1.82, 2.24) is 10.2 Å². The van der Waals surface area contributed by atoms with Crippen LogP contribution in [-0.4, -0.2) is 40.1 Å². The molecule has 2 amide bonds. The minimum atomic E-state index is -0.849. The van der Waals surface area contributed by atoms with Crippen molar-refractivity contribution in [2.45, 2.75) is 75.9 Å². The molecule has 2 saturated carbocycles. The Balaban J connectivity index is 1.75. The van der Waals surface area contributed by atoms with Gasteiger partial charge in [-0.2, -0.15) is 0 Å². The Hall–Kier alpha value is -1.26. The average molecular weight is 280 g/mol. The monoisotopic (exact) mass is 280 g/mol. The molecule has 3 rings (SSSR count). The number of carbonyl (C=O) groups is 2. The number of aliphatic carboxylic acids is 1. The number of urea groups is 1. The summed E-state index contributed by atoms with van der Waals surface area (Å²) in [5, 5.41) is 12.5. The van der Waals surface area contributed by atoms with E-state index in [1.807, 2.05) is 0 Å². The number of carboxylic acids is 1. The predicted molar refractivity (Wildman–Crippen MR) is 74.4 cm³/mol. The molecular formula is C15H24N2O3. The van der Waals surface area contributed by atoms with E-state index in [0.717, 1.165) is 38.5 Å². The molecule has 1 heterocycles. The van der Waals surface area contributed by atoms with Crippen molar-refractivity contribution in [3.8, 4) is 0 Å². The highest BCUT2D eigenvalue weighted by atomic mass is 16.4. The van der Waals surface area contributed by atoms with Gasteiger partial charge in [0.15, 0.2) is 0 Å². The first kappa shape index (κ1) is 13.7. The van der Waals surface area contributed by atoms with Crippen LogP contribution >= 0.6 is 0 Å². The van der Waals surface area contributed by atoms with Crippen molar-refractivity contribution < 1.29 is 14.7 Å². The van der Waals surface area contributed by atoms with E-state index in [0.29, 0.717) is 12.3 Å². The number of likely N-dealkylation sites (tertiary alicyclic amines) is 1. The highest BCUT2D eigenvalue weighted by molar-refractivity contribution is 5.83. The lowest BCUT2D eigenvalue weighted by atomic mass is 9.76. The molecule has 0 aromatic heterocycles. The van der Waals surface area contributed by atoms with E-state index in [1.54, 1.807) is 4.90 Å². The fourth-order valence-corrected chi connectivity index (χ4v) is 3.97. The molecule has 5 nitrogen and oxygen atoms in total. The number of amides is 2. The maximum absolute atomic E-state index is 12.5. The summed E-state index contributed by atoms with van der Waals surface area (Å²) in [6.45, 7) is 0. The van der Waals surface area contributed by atoms with Gasteiger partial charge < -0.3 is 15.3 Å². The second-order valence-electron chi connectivity index (χ2n) is 6.53. The number of hydrogen-bond donors (Lipinski definition) is 2. The summed E-state index contributed by atoms with van der Waals surface area (Å²) in [5.74, 6) is -0.343. The summed E-state index contributed by atoms with van der Waals surface area (Å²) in [6.07, 6.45) is 9.23. The number of nitrogens with zero attached hydrogens (tertiary/aromatic N) is 1. The molecule has 3 aliphatic rings. The van der Waals surface area contributed by atoms with Crippen molar-refractivity contribution in [1.29, 1.82) is 0 Å². The van der Waals surface area contributed by atoms with Gasteiger partial charge in [-0.05, 0) is 50.9 Å². The van der Waals surface area contributed by atoms with E-state index in [4.69, 9.17) is 0 Å². The Bertz CT molecular complexity index is 395. The van der Waals surface area contributed by atoms with Gasteiger partial charge in [0, 0.05) is 12.1 Å². The van der Waals surface area contributed by atoms with Crippen LogP contribution in [0.2, 0.25) is 0 Å². The second kappa shape index (κ2) is 5.62. The molecule has 1 saturated heterocycles. The Morgan fingerprint density at radius 1 is 0.950 bits per heavy atom. The Morgan fingerprint density at radius 2 is 1.70 bits per heavy atom. The van der Waals surface area contributed by atoms with Gasteiger partial charge in [0.05, 0.1) is 0 Å². The molecule has 3 fully saturated rings. The Morgan fingerprint density at radius 3 is 2.35 bits per heavy atom. The summed E-state index contributed by atoms with van der Waals surface area (Å²) in [7, 11) is 0. The number of fused-ring (bicyclic) bond motifs is 1. The SMILES string of the molecule is O=C(O)C1CCC2CCCCC2N1C(=O)NC1CCC1. The largest absolute Gasteiger partial charge is 0.480 e. The third-order valence-electron chi connectivity index (χ3n) is 5.33. The van der Waals surface area contributed by atoms with Gasteiger partial charge in [-0.25, -0.2) is 9.59 Å². The third kappa shape index (κ3) is 2.50. The second-order valence-corrected chi connectivity index (χ2v) is 6.53. The molecular weight excluding hydrogens is 256 g/mol. The molecule has 3 unspecified atom stereocenters. The zero-order valence-corrected chi connectivity index (χ0v) is 11.9. The predicted octanol–water partition coefficient (Wildman–Crippen LogP) is 2.36. The highest BCUT2D eigenvalue weighted by Crippen LogP contribution is 2.38. The zero-order valence-electron chi connectivity index (χ0n) is 11.9. The molecule has 112 valence electrons. The van der Waals surface area contributed by atoms with E-state index in [2.05, 4.69) is 5.32 Å². The highest BCUT2D eigenvalue weighted by Gasteiger charge is 2.44. The summed E-state index contributed by atoms with van der Waals surface area (Å²) >= 11 is 0. The fraction of sp³-hybridized carbons (Fsp3) is 0.867. The van der Waals surface area contributed by atoms with Crippen LogP contribution < -0.4 is 5.32 Å². The van der Waals surface area contributed by atoms with Crippen LogP contribution in [0, 0.1) is 5.92 Å². The lowest BCUT2D eigenvalue weighted by Gasteiger charge is -2.47. The minimum Gasteiger partial charge on any atom is -0.480 e. The zero-order chi connectivity index (χ0) is 14.1. The molecule has 0 spiro atoms. The van der Waals surface area contributed by atoms with Gasteiger partial charge in [0.25, 0.3) is 0 Å². The topological polar surface area (TPSA) is 69.6 Å². The van der Waals surface area contributed by atoms with Crippen LogP contribution in [0.1, 0.15) is 57.8 Å². The minimum absolute atomic E-state index is 0.138. The average Bonchev–Trinajstić information content (AvgIpc) is 2.41. The number of carbonyl (C=O) groups excluding carboxylic acids is 1. The van der Waals surface area contributed by atoms with Crippen molar-refractivity contribution in [2.75, 3.05) is 0 Å². The molecule has 0 aromatic carbocycles. The lowest BCUT2D eigenvalue weighted by Crippen LogP contribution is -2.61. The summed E-state index contributed by atoms with van der Waals surface area (Å²) < 4.78 is 0. The fourth-order valence-electron chi connectivity index (χ4n) is 3.97. The molecule has 2 N–H and O–H groups in total. The number of rotatable bonds is 2. The number of hydrogen-bond acceptors (Lipinski definition) is 2. The van der Waals surface area contributed by atoms with Crippen LogP contribution in [0.4, 0.5) is 4.79 Å². The van der Waals surface area contributed by atoms with Gasteiger partial charge in [-0.15, -0.1) is 0 Å². The smallest absolute Gasteiger partial charge is 0.326 e. The van der Waals surface area contributed by atoms with Crippen LogP contribution in [0.25, 0.3) is 0 Å². The molecule has 0 aromatic rings. The number of carboxylic acid groups (broad SMARTS) is 1. The molecule has 1 aliphatic heterocycles. The maximum atomic E-state index is 12.5. The Kier molecular flexibility index (Phi) is 3.85. The Labute approximate surface area is 119 Å². The number of nitrogens with one attached hydrogen (secondary N) is 1. The normalized spacial score (nSPS) is 34.0. The van der Waals surface area contributed by atoms with Gasteiger partial charge >= 0.3 is 12.0 Å². The van der Waals surface area contributed by atoms with Crippen molar-refractivity contribution >= 4 is 12.0 Å². The summed E-state index contributed by atoms with van der Waals surface area (Å²) in [6, 6.07) is -0.368. The summed E-state index contributed by atoms with van der Waals surface area (Å²) in [5.41, 5.74) is 0. The molecule has 2 aliphatic carbocycles. The van der Waals surface area contributed by atoms with E-state index in [9.17, 15) is 14.7 Å². The molecule has 0 bridgehead atoms. The first-order chi connectivity index (χ1) is 9.66. The number of piperidine rings is 1. The van der Waals surface area contributed by atoms with Crippen LogP contribution in [0.5, 0.6) is 0 Å². The van der Waals surface area contributed by atoms with E-state index >= 15 is 0 Å².